The Morgan fingerprint density at radius 2 is 1.83 bits per heavy atom. The van der Waals surface area contributed by atoms with Crippen LogP contribution in [0.15, 0.2) is 30.3 Å². The van der Waals surface area contributed by atoms with Crippen LogP contribution in [0, 0.1) is 6.92 Å². The first-order valence-electron chi connectivity index (χ1n) is 7.81. The van der Waals surface area contributed by atoms with Crippen LogP contribution < -0.4 is 16.0 Å². The molecule has 0 unspecified atom stereocenters. The Morgan fingerprint density at radius 1 is 1.12 bits per heavy atom. The molecule has 0 saturated heterocycles. The molecule has 2 aromatic rings. The van der Waals surface area contributed by atoms with E-state index >= 15 is 0 Å². The zero-order valence-electron chi connectivity index (χ0n) is 14.6. The summed E-state index contributed by atoms with van der Waals surface area (Å²) in [6.45, 7) is 5.07. The van der Waals surface area contributed by atoms with Crippen molar-refractivity contribution < 1.29 is 4.79 Å². The molecule has 0 saturated carbocycles. The molecular formula is C17H24N6O. The molecule has 0 fully saturated rings. The van der Waals surface area contributed by atoms with Crippen LogP contribution in [0.2, 0.25) is 0 Å². The van der Waals surface area contributed by atoms with Gasteiger partial charge in [-0.1, -0.05) is 6.07 Å². The summed E-state index contributed by atoms with van der Waals surface area (Å²) in [6.07, 6.45) is 0. The van der Waals surface area contributed by atoms with E-state index in [1.807, 2.05) is 51.4 Å². The van der Waals surface area contributed by atoms with Crippen LogP contribution in [0.5, 0.6) is 0 Å². The molecule has 0 aliphatic rings. The largest absolute Gasteiger partial charge is 0.369 e. The lowest BCUT2D eigenvalue weighted by molar-refractivity contribution is -0.114. The molecule has 0 aliphatic heterocycles. The number of hydrogen-bond acceptors (Lipinski definition) is 6. The maximum Gasteiger partial charge on any atom is 0.221 e. The molecule has 0 spiro atoms. The molecule has 2 rings (SSSR count). The van der Waals surface area contributed by atoms with E-state index in [0.29, 0.717) is 11.6 Å². The molecule has 0 aliphatic carbocycles. The van der Waals surface area contributed by atoms with Gasteiger partial charge in [0.1, 0.15) is 17.5 Å². The zero-order valence-corrected chi connectivity index (χ0v) is 14.6. The van der Waals surface area contributed by atoms with Crippen molar-refractivity contribution in [1.29, 1.82) is 0 Å². The van der Waals surface area contributed by atoms with Gasteiger partial charge in [0.05, 0.1) is 0 Å². The Bertz CT molecular complexity index is 701. The third kappa shape index (κ3) is 5.85. The number of anilines is 4. The standard InChI is InChI=1S/C17H24N6O/c1-12-19-16(18-8-9-23(3)4)11-17(20-12)22-15-7-5-6-14(10-15)21-13(2)24/h5-7,10-11H,8-9H2,1-4H3,(H,21,24)(H2,18,19,20,22). The highest BCUT2D eigenvalue weighted by Crippen LogP contribution is 2.20. The van der Waals surface area contributed by atoms with Gasteiger partial charge < -0.3 is 20.9 Å². The van der Waals surface area contributed by atoms with Crippen LogP contribution in [0.1, 0.15) is 12.7 Å². The number of rotatable bonds is 7. The predicted octanol–water partition coefficient (Wildman–Crippen LogP) is 2.46. The summed E-state index contributed by atoms with van der Waals surface area (Å²) in [4.78, 5) is 22.1. The predicted molar refractivity (Wildman–Crippen MR) is 97.8 cm³/mol. The van der Waals surface area contributed by atoms with Gasteiger partial charge in [-0.05, 0) is 39.2 Å². The summed E-state index contributed by atoms with van der Waals surface area (Å²) in [5.74, 6) is 2.07. The van der Waals surface area contributed by atoms with E-state index in [9.17, 15) is 4.79 Å². The highest BCUT2D eigenvalue weighted by molar-refractivity contribution is 5.89. The first kappa shape index (κ1) is 17.7. The molecule has 3 N–H and O–H groups in total. The number of likely N-dealkylation sites (N-methyl/N-ethyl adjacent to an activating group) is 1. The van der Waals surface area contributed by atoms with Gasteiger partial charge in [0.15, 0.2) is 0 Å². The number of hydrogen-bond donors (Lipinski definition) is 3. The average Bonchev–Trinajstić information content (AvgIpc) is 2.45. The number of carbonyl (C=O) groups excluding carboxylic acids is 1. The van der Waals surface area contributed by atoms with Crippen molar-refractivity contribution in [2.75, 3.05) is 43.1 Å². The van der Waals surface area contributed by atoms with E-state index in [2.05, 4.69) is 30.8 Å². The van der Waals surface area contributed by atoms with Gasteiger partial charge in [0.2, 0.25) is 5.91 Å². The van der Waals surface area contributed by atoms with E-state index in [4.69, 9.17) is 0 Å². The van der Waals surface area contributed by atoms with Crippen molar-refractivity contribution in [3.63, 3.8) is 0 Å². The molecule has 0 bridgehead atoms. The molecule has 1 aromatic carbocycles. The number of nitrogens with zero attached hydrogens (tertiary/aromatic N) is 3. The number of aryl methyl sites for hydroxylation is 1. The molecule has 24 heavy (non-hydrogen) atoms. The van der Waals surface area contributed by atoms with Crippen molar-refractivity contribution >= 4 is 28.9 Å². The van der Waals surface area contributed by atoms with Crippen LogP contribution in [-0.4, -0.2) is 48.0 Å². The van der Waals surface area contributed by atoms with E-state index in [1.165, 1.54) is 6.92 Å². The van der Waals surface area contributed by atoms with Crippen LogP contribution in [0.25, 0.3) is 0 Å². The SMILES string of the molecule is CC(=O)Nc1cccc(Nc2cc(NCCN(C)C)nc(C)n2)c1. The van der Waals surface area contributed by atoms with E-state index in [-0.39, 0.29) is 5.91 Å². The van der Waals surface area contributed by atoms with Crippen LogP contribution >= 0.6 is 0 Å². The van der Waals surface area contributed by atoms with Gasteiger partial charge in [-0.25, -0.2) is 9.97 Å². The third-order valence-electron chi connectivity index (χ3n) is 3.16. The topological polar surface area (TPSA) is 82.2 Å². The van der Waals surface area contributed by atoms with E-state index < -0.39 is 0 Å². The van der Waals surface area contributed by atoms with Crippen molar-refractivity contribution in [2.45, 2.75) is 13.8 Å². The Kier molecular flexibility index (Phi) is 6.08. The van der Waals surface area contributed by atoms with Gasteiger partial charge >= 0.3 is 0 Å². The van der Waals surface area contributed by atoms with Gasteiger partial charge in [-0.15, -0.1) is 0 Å². The summed E-state index contributed by atoms with van der Waals surface area (Å²) in [6, 6.07) is 9.36. The second kappa shape index (κ2) is 8.26. The molecule has 7 heteroatoms. The minimum Gasteiger partial charge on any atom is -0.369 e. The van der Waals surface area contributed by atoms with Crippen LogP contribution in [-0.2, 0) is 4.79 Å². The van der Waals surface area contributed by atoms with Gasteiger partial charge in [0, 0.05) is 37.5 Å². The number of amides is 1. The summed E-state index contributed by atoms with van der Waals surface area (Å²) < 4.78 is 0. The number of benzene rings is 1. The normalized spacial score (nSPS) is 10.5. The van der Waals surface area contributed by atoms with Crippen LogP contribution in [0.4, 0.5) is 23.0 Å². The molecule has 7 nitrogen and oxygen atoms in total. The molecule has 0 atom stereocenters. The highest BCUT2D eigenvalue weighted by Gasteiger charge is 2.04. The molecular weight excluding hydrogens is 304 g/mol. The van der Waals surface area contributed by atoms with Crippen LogP contribution in [0.3, 0.4) is 0 Å². The number of carbonyl (C=O) groups is 1. The minimum absolute atomic E-state index is 0.0996. The van der Waals surface area contributed by atoms with Crippen molar-refractivity contribution in [2.24, 2.45) is 0 Å². The Balaban J connectivity index is 2.09. The second-order valence-electron chi connectivity index (χ2n) is 5.80. The fraction of sp³-hybridized carbons (Fsp3) is 0.353. The summed E-state index contributed by atoms with van der Waals surface area (Å²) in [7, 11) is 4.06. The first-order chi connectivity index (χ1) is 11.4. The highest BCUT2D eigenvalue weighted by atomic mass is 16.1. The lowest BCUT2D eigenvalue weighted by atomic mass is 10.2. The first-order valence-corrected chi connectivity index (χ1v) is 7.81. The Labute approximate surface area is 142 Å². The fourth-order valence-corrected chi connectivity index (χ4v) is 2.16. The smallest absolute Gasteiger partial charge is 0.221 e. The van der Waals surface area contributed by atoms with E-state index in [1.54, 1.807) is 0 Å². The summed E-state index contributed by atoms with van der Waals surface area (Å²) in [5.41, 5.74) is 1.58. The fourth-order valence-electron chi connectivity index (χ4n) is 2.16. The van der Waals surface area contributed by atoms with Crippen molar-refractivity contribution in [3.05, 3.63) is 36.2 Å². The quantitative estimate of drug-likeness (QED) is 0.724. The maximum atomic E-state index is 11.2. The molecule has 0 radical (unpaired) electrons. The van der Waals surface area contributed by atoms with Crippen molar-refractivity contribution in [3.8, 4) is 0 Å². The molecule has 1 amide bonds. The minimum atomic E-state index is -0.0996. The molecule has 1 heterocycles. The Hall–Kier alpha value is -2.67. The van der Waals surface area contributed by atoms with Gasteiger partial charge in [-0.3, -0.25) is 4.79 Å². The summed E-state index contributed by atoms with van der Waals surface area (Å²) in [5, 5.41) is 9.30. The van der Waals surface area contributed by atoms with Crippen molar-refractivity contribution in [1.82, 2.24) is 14.9 Å². The summed E-state index contributed by atoms with van der Waals surface area (Å²) >= 11 is 0. The third-order valence-corrected chi connectivity index (χ3v) is 3.16. The lowest BCUT2D eigenvalue weighted by Crippen LogP contribution is -2.21. The second-order valence-corrected chi connectivity index (χ2v) is 5.80. The van der Waals surface area contributed by atoms with Gasteiger partial charge in [0.25, 0.3) is 0 Å². The Morgan fingerprint density at radius 3 is 2.54 bits per heavy atom. The number of nitrogens with one attached hydrogen (secondary N) is 3. The number of aromatic nitrogens is 2. The zero-order chi connectivity index (χ0) is 17.5. The maximum absolute atomic E-state index is 11.2. The monoisotopic (exact) mass is 328 g/mol. The molecule has 128 valence electrons. The lowest BCUT2D eigenvalue weighted by Gasteiger charge is -2.13. The average molecular weight is 328 g/mol. The molecule has 1 aromatic heterocycles. The van der Waals surface area contributed by atoms with E-state index in [0.717, 1.165) is 30.3 Å². The van der Waals surface area contributed by atoms with Gasteiger partial charge in [-0.2, -0.15) is 0 Å².